The molecule has 34 heavy (non-hydrogen) atoms. The molecule has 1 aromatic heterocycles. The number of alkyl halides is 4. The zero-order valence-electron chi connectivity index (χ0n) is 19.0. The van der Waals surface area contributed by atoms with Crippen LogP contribution in [0.3, 0.4) is 0 Å². The average molecular weight is 582 g/mol. The van der Waals surface area contributed by atoms with Gasteiger partial charge in [-0.15, -0.1) is 46.4 Å². The highest BCUT2D eigenvalue weighted by molar-refractivity contribution is 7.54. The van der Waals surface area contributed by atoms with E-state index in [-0.39, 0.29) is 79.8 Å². The molecule has 15 heteroatoms. The Balaban J connectivity index is 3.57. The largest absolute Gasteiger partial charge is 0.466 e. The first-order valence-corrected chi connectivity index (χ1v) is 14.2. The van der Waals surface area contributed by atoms with E-state index in [1.165, 1.54) is 28.4 Å². The lowest BCUT2D eigenvalue weighted by Gasteiger charge is -2.39. The van der Waals surface area contributed by atoms with Crippen LogP contribution in [0, 0.1) is 17.0 Å². The van der Waals surface area contributed by atoms with E-state index in [2.05, 4.69) is 4.98 Å². The summed E-state index contributed by atoms with van der Waals surface area (Å²) in [6.07, 6.45) is -1.47. The molecular weight excluding hydrogens is 553 g/mol. The Hall–Kier alpha value is -0.710. The minimum atomic E-state index is -3.90. The second-order valence-corrected chi connectivity index (χ2v) is 10.7. The Morgan fingerprint density at radius 1 is 1.09 bits per heavy atom. The predicted molar refractivity (Wildman–Crippen MR) is 134 cm³/mol. The van der Waals surface area contributed by atoms with Gasteiger partial charge < -0.3 is 4.74 Å². The maximum atomic E-state index is 14.5. The van der Waals surface area contributed by atoms with Gasteiger partial charge in [-0.1, -0.05) is 0 Å². The monoisotopic (exact) mass is 580 g/mol. The number of rotatable bonds is 17. The Morgan fingerprint density at radius 3 is 1.97 bits per heavy atom. The zero-order valence-corrected chi connectivity index (χ0v) is 22.9. The SMILES string of the molecule is CCOC(=O)CC(OP(=O)(N(CCCl)CCCl)N(CCCl)CCCl)c1ccc([N+](=O)[O-])c(C)n1. The van der Waals surface area contributed by atoms with E-state index in [1.807, 2.05) is 0 Å². The van der Waals surface area contributed by atoms with Crippen LogP contribution >= 0.6 is 54.1 Å². The Bertz CT molecular complexity index is 821. The summed E-state index contributed by atoms with van der Waals surface area (Å²) in [6.45, 7) is 3.93. The van der Waals surface area contributed by atoms with Gasteiger partial charge in [0.2, 0.25) is 0 Å². The summed E-state index contributed by atoms with van der Waals surface area (Å²) in [6, 6.07) is 2.62. The fourth-order valence-electron chi connectivity index (χ4n) is 3.11. The molecule has 0 bridgehead atoms. The van der Waals surface area contributed by atoms with Crippen molar-refractivity contribution >= 4 is 65.7 Å². The fraction of sp³-hybridized carbons (Fsp3) is 0.684. The zero-order chi connectivity index (χ0) is 25.7. The lowest BCUT2D eigenvalue weighted by atomic mass is 10.1. The minimum absolute atomic E-state index is 0.117. The molecule has 0 aromatic carbocycles. The van der Waals surface area contributed by atoms with Crippen molar-refractivity contribution in [2.24, 2.45) is 0 Å². The average Bonchev–Trinajstić information content (AvgIpc) is 2.78. The maximum Gasteiger partial charge on any atom is 0.346 e. The van der Waals surface area contributed by atoms with Crippen LogP contribution in [-0.4, -0.2) is 81.5 Å². The maximum absolute atomic E-state index is 14.5. The standard InChI is InChI=1S/C19H29Cl4N4O6P/c1-3-32-19(28)14-18(16-4-5-17(27(29)30)15(2)24-16)33-34(31,25(10-6-20)11-7-21)26(12-8-22)13-9-23/h4-5,18H,3,6-14H2,1-2H3. The summed E-state index contributed by atoms with van der Waals surface area (Å²) in [7, 11) is -3.90. The number of esters is 1. The van der Waals surface area contributed by atoms with E-state index in [4.69, 9.17) is 55.7 Å². The third kappa shape index (κ3) is 9.06. The summed E-state index contributed by atoms with van der Waals surface area (Å²) in [4.78, 5) is 27.3. The lowest BCUT2D eigenvalue weighted by Crippen LogP contribution is -2.38. The van der Waals surface area contributed by atoms with Gasteiger partial charge in [-0.05, 0) is 19.9 Å². The van der Waals surface area contributed by atoms with Gasteiger partial charge in [0, 0.05) is 55.8 Å². The van der Waals surface area contributed by atoms with Gasteiger partial charge in [-0.3, -0.25) is 24.0 Å². The third-order valence-corrected chi connectivity index (χ3v) is 8.05. The van der Waals surface area contributed by atoms with Crippen LogP contribution in [0.4, 0.5) is 5.69 Å². The number of carbonyl (C=O) groups excluding carboxylic acids is 1. The lowest BCUT2D eigenvalue weighted by molar-refractivity contribution is -0.385. The summed E-state index contributed by atoms with van der Waals surface area (Å²) < 4.78 is 28.7. The van der Waals surface area contributed by atoms with Gasteiger partial charge in [0.15, 0.2) is 0 Å². The number of nitro groups is 1. The normalized spacial score (nSPS) is 12.8. The van der Waals surface area contributed by atoms with Crippen LogP contribution in [0.15, 0.2) is 12.1 Å². The molecule has 0 saturated carbocycles. The fourth-order valence-corrected chi connectivity index (χ4v) is 6.95. The van der Waals surface area contributed by atoms with E-state index in [9.17, 15) is 19.5 Å². The number of aromatic nitrogens is 1. The van der Waals surface area contributed by atoms with Gasteiger partial charge in [-0.25, -0.2) is 14.3 Å². The van der Waals surface area contributed by atoms with Crippen molar-refractivity contribution in [2.45, 2.75) is 26.4 Å². The van der Waals surface area contributed by atoms with Crippen molar-refractivity contribution in [2.75, 3.05) is 56.3 Å². The highest BCUT2D eigenvalue weighted by Crippen LogP contribution is 2.57. The van der Waals surface area contributed by atoms with Crippen molar-refractivity contribution in [3.05, 3.63) is 33.6 Å². The number of ether oxygens (including phenoxy) is 1. The van der Waals surface area contributed by atoms with Crippen molar-refractivity contribution in [3.63, 3.8) is 0 Å². The number of aryl methyl sites for hydroxylation is 1. The highest BCUT2D eigenvalue weighted by Gasteiger charge is 2.41. The summed E-state index contributed by atoms with van der Waals surface area (Å²) in [5.74, 6) is -0.0670. The molecule has 0 saturated heterocycles. The van der Waals surface area contributed by atoms with Gasteiger partial charge in [0.05, 0.1) is 23.6 Å². The molecule has 0 aliphatic rings. The second-order valence-electron chi connectivity index (χ2n) is 6.85. The first kappa shape index (κ1) is 31.3. The van der Waals surface area contributed by atoms with Crippen LogP contribution in [0.25, 0.3) is 0 Å². The summed E-state index contributed by atoms with van der Waals surface area (Å²) >= 11 is 23.8. The van der Waals surface area contributed by atoms with E-state index < -0.39 is 24.7 Å². The van der Waals surface area contributed by atoms with E-state index >= 15 is 0 Å². The predicted octanol–water partition coefficient (Wildman–Crippen LogP) is 4.98. The van der Waals surface area contributed by atoms with Gasteiger partial charge in [0.25, 0.3) is 5.69 Å². The molecule has 1 atom stereocenters. The van der Waals surface area contributed by atoms with Gasteiger partial charge in [0.1, 0.15) is 11.8 Å². The molecule has 0 N–H and O–H groups in total. The van der Waals surface area contributed by atoms with Crippen molar-refractivity contribution < 1.29 is 23.5 Å². The second kappa shape index (κ2) is 16.1. The molecule has 0 aliphatic heterocycles. The van der Waals surface area contributed by atoms with Crippen molar-refractivity contribution in [1.29, 1.82) is 0 Å². The molecular formula is C19H29Cl4N4O6P. The number of hydrogen-bond acceptors (Lipinski definition) is 7. The molecule has 1 rings (SSSR count). The quantitative estimate of drug-likeness (QED) is 0.0825. The number of halogens is 4. The first-order valence-electron chi connectivity index (χ1n) is 10.5. The number of carbonyl (C=O) groups is 1. The Labute approximate surface area is 219 Å². The first-order chi connectivity index (χ1) is 16.2. The van der Waals surface area contributed by atoms with Gasteiger partial charge in [-0.2, -0.15) is 0 Å². The Morgan fingerprint density at radius 2 is 1.59 bits per heavy atom. The molecule has 10 nitrogen and oxygen atoms in total. The van der Waals surface area contributed by atoms with E-state index in [0.717, 1.165) is 0 Å². The Kier molecular flexibility index (Phi) is 14.8. The van der Waals surface area contributed by atoms with Crippen LogP contribution in [0.5, 0.6) is 0 Å². The topological polar surface area (TPSA) is 115 Å². The minimum Gasteiger partial charge on any atom is -0.466 e. The molecule has 0 fully saturated rings. The molecule has 0 radical (unpaired) electrons. The molecule has 0 spiro atoms. The number of pyridine rings is 1. The molecule has 194 valence electrons. The number of hydrogen-bond donors (Lipinski definition) is 0. The van der Waals surface area contributed by atoms with Crippen molar-refractivity contribution in [1.82, 2.24) is 14.3 Å². The van der Waals surface area contributed by atoms with Crippen LogP contribution < -0.4 is 0 Å². The van der Waals surface area contributed by atoms with Crippen LogP contribution in [-0.2, 0) is 18.6 Å². The van der Waals surface area contributed by atoms with E-state index in [1.54, 1.807) is 6.92 Å². The number of nitrogens with zero attached hydrogens (tertiary/aromatic N) is 4. The summed E-state index contributed by atoms with van der Waals surface area (Å²) in [5, 5.41) is 11.2. The van der Waals surface area contributed by atoms with Crippen molar-refractivity contribution in [3.8, 4) is 0 Å². The van der Waals surface area contributed by atoms with Gasteiger partial charge >= 0.3 is 13.6 Å². The van der Waals surface area contributed by atoms with Crippen LogP contribution in [0.2, 0.25) is 0 Å². The molecule has 0 amide bonds. The summed E-state index contributed by atoms with van der Waals surface area (Å²) in [5.41, 5.74) is 0.106. The highest BCUT2D eigenvalue weighted by atomic mass is 35.5. The van der Waals surface area contributed by atoms with Crippen LogP contribution in [0.1, 0.15) is 30.8 Å². The molecule has 1 heterocycles. The third-order valence-electron chi connectivity index (χ3n) is 4.61. The molecule has 1 aromatic rings. The molecule has 0 aliphatic carbocycles. The molecule has 1 unspecified atom stereocenters. The smallest absolute Gasteiger partial charge is 0.346 e. The van der Waals surface area contributed by atoms with E-state index in [0.29, 0.717) is 0 Å².